The van der Waals surface area contributed by atoms with E-state index in [9.17, 15) is 0 Å². The van der Waals surface area contributed by atoms with Crippen molar-refractivity contribution >= 4 is 11.3 Å². The molecule has 1 N–H and O–H groups in total. The van der Waals surface area contributed by atoms with Crippen molar-refractivity contribution < 1.29 is 4.74 Å². The van der Waals surface area contributed by atoms with Crippen molar-refractivity contribution in [2.45, 2.75) is 84.6 Å². The van der Waals surface area contributed by atoms with Crippen LogP contribution in [0.4, 0.5) is 5.69 Å². The van der Waals surface area contributed by atoms with Gasteiger partial charge in [-0.3, -0.25) is 0 Å². The van der Waals surface area contributed by atoms with Gasteiger partial charge in [-0.1, -0.05) is 59.5 Å². The minimum absolute atomic E-state index is 0.131. The van der Waals surface area contributed by atoms with Gasteiger partial charge in [0, 0.05) is 11.3 Å². The molecule has 2 nitrogen and oxygen atoms in total. The summed E-state index contributed by atoms with van der Waals surface area (Å²) in [5, 5.41) is 3.86. The fourth-order valence-corrected chi connectivity index (χ4v) is 3.80. The summed E-state index contributed by atoms with van der Waals surface area (Å²) < 4.78 is 5.93. The fourth-order valence-electron chi connectivity index (χ4n) is 3.80. The van der Waals surface area contributed by atoms with Crippen molar-refractivity contribution in [3.63, 3.8) is 0 Å². The first-order chi connectivity index (χ1) is 11.7. The highest BCUT2D eigenvalue weighted by Crippen LogP contribution is 2.41. The fraction of sp³-hybridized carbons (Fsp3) is 0.636. The number of nitrogens with one attached hydrogen (secondary N) is 1. The highest BCUT2D eigenvalue weighted by atomic mass is 16.5. The number of hydrogen-bond acceptors (Lipinski definition) is 2. The van der Waals surface area contributed by atoms with E-state index < -0.39 is 0 Å². The Hall–Kier alpha value is -1.44. The first-order valence-corrected chi connectivity index (χ1v) is 9.95. The molecular weight excluding hydrogens is 294 g/mol. The number of rotatable bonds is 10. The van der Waals surface area contributed by atoms with E-state index in [1.807, 2.05) is 0 Å². The molecule has 0 bridgehead atoms. The van der Waals surface area contributed by atoms with Gasteiger partial charge < -0.3 is 10.1 Å². The van der Waals surface area contributed by atoms with E-state index in [0.29, 0.717) is 0 Å². The molecule has 0 spiro atoms. The monoisotopic (exact) mass is 329 g/mol. The van der Waals surface area contributed by atoms with E-state index in [4.69, 9.17) is 4.74 Å². The van der Waals surface area contributed by atoms with Crippen LogP contribution in [0.1, 0.15) is 84.6 Å². The molecular formula is C22H35NO. The van der Waals surface area contributed by atoms with Crippen LogP contribution in [0.5, 0.6) is 5.75 Å². The molecule has 1 aliphatic rings. The number of hydrogen-bond donors (Lipinski definition) is 1. The Morgan fingerprint density at radius 2 is 1.71 bits per heavy atom. The molecule has 0 saturated carbocycles. The molecule has 0 aromatic heterocycles. The lowest BCUT2D eigenvalue weighted by Crippen LogP contribution is -2.38. The molecule has 0 aliphatic carbocycles. The maximum atomic E-state index is 5.93. The second kappa shape index (κ2) is 9.15. The summed E-state index contributed by atoms with van der Waals surface area (Å²) in [6.45, 7) is 9.85. The van der Waals surface area contributed by atoms with Crippen LogP contribution in [0.2, 0.25) is 0 Å². The second-order valence-electron chi connectivity index (χ2n) is 7.11. The summed E-state index contributed by atoms with van der Waals surface area (Å²) in [5.41, 5.74) is 4.25. The molecule has 1 aromatic carbocycles. The minimum Gasteiger partial charge on any atom is -0.494 e. The molecule has 0 radical (unpaired) electrons. The molecule has 1 aromatic rings. The quantitative estimate of drug-likeness (QED) is 0.476. The highest BCUT2D eigenvalue weighted by Gasteiger charge is 2.31. The molecule has 1 aliphatic heterocycles. The normalized spacial score (nSPS) is 15.4. The van der Waals surface area contributed by atoms with Crippen molar-refractivity contribution in [1.29, 1.82) is 0 Å². The lowest BCUT2D eigenvalue weighted by atomic mass is 9.80. The zero-order chi connectivity index (χ0) is 17.4. The molecule has 24 heavy (non-hydrogen) atoms. The number of allylic oxidation sites excluding steroid dienone is 1. The third-order valence-corrected chi connectivity index (χ3v) is 4.85. The zero-order valence-electron chi connectivity index (χ0n) is 16.1. The third kappa shape index (κ3) is 4.55. The number of fused-ring (bicyclic) bond motifs is 1. The van der Waals surface area contributed by atoms with Gasteiger partial charge >= 0.3 is 0 Å². The third-order valence-electron chi connectivity index (χ3n) is 4.85. The van der Waals surface area contributed by atoms with Gasteiger partial charge in [0.25, 0.3) is 0 Å². The molecule has 0 amide bonds. The van der Waals surface area contributed by atoms with Crippen LogP contribution in [0, 0.1) is 0 Å². The summed E-state index contributed by atoms with van der Waals surface area (Å²) in [5.74, 6) is 1.00. The standard InChI is InChI=1S/C22H35NO/c1-5-9-15-24-19-11-12-21-20(16-19)18(10-6-2)17-22(23-21,13-7-3)14-8-4/h11-12,16-17,23H,5-10,13-15H2,1-4H3. The van der Waals surface area contributed by atoms with Crippen molar-refractivity contribution in [3.05, 3.63) is 29.8 Å². The molecule has 2 heteroatoms. The molecule has 1 heterocycles. The van der Waals surface area contributed by atoms with Crippen molar-refractivity contribution in [3.8, 4) is 5.75 Å². The predicted octanol–water partition coefficient (Wildman–Crippen LogP) is 6.81. The number of anilines is 1. The summed E-state index contributed by atoms with van der Waals surface area (Å²) in [4.78, 5) is 0. The zero-order valence-corrected chi connectivity index (χ0v) is 16.1. The summed E-state index contributed by atoms with van der Waals surface area (Å²) >= 11 is 0. The van der Waals surface area contributed by atoms with Crippen LogP contribution in [0.15, 0.2) is 24.3 Å². The van der Waals surface area contributed by atoms with E-state index in [1.54, 1.807) is 0 Å². The average molecular weight is 330 g/mol. The highest BCUT2D eigenvalue weighted by molar-refractivity contribution is 5.82. The van der Waals surface area contributed by atoms with Crippen molar-refractivity contribution in [1.82, 2.24) is 0 Å². The minimum atomic E-state index is 0.131. The van der Waals surface area contributed by atoms with Crippen LogP contribution in [0.3, 0.4) is 0 Å². The van der Waals surface area contributed by atoms with E-state index in [2.05, 4.69) is 57.3 Å². The van der Waals surface area contributed by atoms with Crippen molar-refractivity contribution in [2.75, 3.05) is 11.9 Å². The molecule has 0 unspecified atom stereocenters. The SMILES string of the molecule is CCCCOc1ccc2c(c1)C(CCC)=CC(CCC)(CCC)N2. The van der Waals surface area contributed by atoms with Gasteiger partial charge in [-0.15, -0.1) is 0 Å². The van der Waals surface area contributed by atoms with Crippen LogP contribution in [0.25, 0.3) is 5.57 Å². The van der Waals surface area contributed by atoms with Gasteiger partial charge in [-0.2, -0.15) is 0 Å². The molecule has 0 saturated heterocycles. The van der Waals surface area contributed by atoms with E-state index >= 15 is 0 Å². The summed E-state index contributed by atoms with van der Waals surface area (Å²) in [7, 11) is 0. The Balaban J connectivity index is 2.32. The Morgan fingerprint density at radius 1 is 0.958 bits per heavy atom. The van der Waals surface area contributed by atoms with Crippen LogP contribution >= 0.6 is 0 Å². The number of unbranched alkanes of at least 4 members (excludes halogenated alkanes) is 1. The van der Waals surface area contributed by atoms with Crippen molar-refractivity contribution in [2.24, 2.45) is 0 Å². The summed E-state index contributed by atoms with van der Waals surface area (Å²) in [6, 6.07) is 6.58. The van der Waals surface area contributed by atoms with Gasteiger partial charge in [-0.05, 0) is 49.5 Å². The Bertz CT molecular complexity index is 541. The molecule has 134 valence electrons. The first-order valence-electron chi connectivity index (χ1n) is 9.95. The van der Waals surface area contributed by atoms with Gasteiger partial charge in [0.1, 0.15) is 5.75 Å². The van der Waals surface area contributed by atoms with Gasteiger partial charge in [0.05, 0.1) is 12.1 Å². The van der Waals surface area contributed by atoms with Gasteiger partial charge in [-0.25, -0.2) is 0 Å². The smallest absolute Gasteiger partial charge is 0.120 e. The Morgan fingerprint density at radius 3 is 2.33 bits per heavy atom. The maximum absolute atomic E-state index is 5.93. The largest absolute Gasteiger partial charge is 0.494 e. The summed E-state index contributed by atoms with van der Waals surface area (Å²) in [6.07, 6.45) is 11.9. The van der Waals surface area contributed by atoms with Crippen LogP contribution in [-0.2, 0) is 0 Å². The Kier molecular flexibility index (Phi) is 7.20. The predicted molar refractivity (Wildman–Crippen MR) is 106 cm³/mol. The Labute approximate surface area is 148 Å². The van der Waals surface area contributed by atoms with Crippen LogP contribution < -0.4 is 10.1 Å². The number of benzene rings is 1. The molecule has 0 fully saturated rings. The average Bonchev–Trinajstić information content (AvgIpc) is 2.56. The van der Waals surface area contributed by atoms with E-state index in [0.717, 1.165) is 25.2 Å². The topological polar surface area (TPSA) is 21.3 Å². The van der Waals surface area contributed by atoms with E-state index in [-0.39, 0.29) is 5.54 Å². The second-order valence-corrected chi connectivity index (χ2v) is 7.11. The lowest BCUT2D eigenvalue weighted by Gasteiger charge is -2.38. The number of ether oxygens (including phenoxy) is 1. The van der Waals surface area contributed by atoms with Crippen LogP contribution in [-0.4, -0.2) is 12.1 Å². The van der Waals surface area contributed by atoms with Gasteiger partial charge in [0.15, 0.2) is 0 Å². The maximum Gasteiger partial charge on any atom is 0.120 e. The van der Waals surface area contributed by atoms with E-state index in [1.165, 1.54) is 55.3 Å². The lowest BCUT2D eigenvalue weighted by molar-refractivity contribution is 0.309. The molecule has 2 rings (SSSR count). The first kappa shape index (κ1) is 18.9. The molecule has 0 atom stereocenters. The van der Waals surface area contributed by atoms with Gasteiger partial charge in [0.2, 0.25) is 0 Å².